The molecule has 58 valence electrons. The Morgan fingerprint density at radius 3 is 1.70 bits per heavy atom. The second-order valence-corrected chi connectivity index (χ2v) is 3.87. The number of phosphoric acid groups is 1. The van der Waals surface area contributed by atoms with Crippen LogP contribution in [0.5, 0.6) is 0 Å². The molecular weight excluding hydrogens is 262 g/mol. The van der Waals surface area contributed by atoms with E-state index in [1.165, 1.54) is 17.3 Å². The van der Waals surface area contributed by atoms with Gasteiger partial charge in [0.15, 0.2) is 0 Å². The van der Waals surface area contributed by atoms with Crippen LogP contribution in [-0.2, 0) is 4.57 Å². The van der Waals surface area contributed by atoms with E-state index in [-0.39, 0.29) is 0 Å². The molecule has 0 atom stereocenters. The van der Waals surface area contributed by atoms with Gasteiger partial charge in [0.2, 0.25) is 0 Å². The van der Waals surface area contributed by atoms with Crippen molar-refractivity contribution >= 4 is 30.3 Å². The van der Waals surface area contributed by atoms with Crippen molar-refractivity contribution in [3.63, 3.8) is 0 Å². The molecule has 0 amide bonds. The van der Waals surface area contributed by atoms with E-state index in [0.717, 1.165) is 0 Å². The van der Waals surface area contributed by atoms with Gasteiger partial charge in [-0.05, 0) is 0 Å². The van der Waals surface area contributed by atoms with Crippen molar-refractivity contribution in [2.45, 2.75) is 24.2 Å². The first-order valence-electron chi connectivity index (χ1n) is 2.79. The Labute approximate surface area is 74.0 Å². The summed E-state index contributed by atoms with van der Waals surface area (Å²) in [5.41, 5.74) is 0. The second kappa shape index (κ2) is 8.01. The van der Waals surface area contributed by atoms with Crippen LogP contribution in [-0.4, -0.2) is 22.5 Å². The van der Waals surface area contributed by atoms with Gasteiger partial charge in [-0.3, -0.25) is 0 Å². The molecule has 0 bridgehead atoms. The number of hydrogen-bond acceptors (Lipinski definition) is 4. The summed E-state index contributed by atoms with van der Waals surface area (Å²) in [5.74, 6) is 0. The fourth-order valence-corrected chi connectivity index (χ4v) is 1.19. The Morgan fingerprint density at radius 1 is 1.40 bits per heavy atom. The van der Waals surface area contributed by atoms with Gasteiger partial charge in [-0.2, -0.15) is 7.82 Å². The molecule has 0 aromatic heterocycles. The summed E-state index contributed by atoms with van der Waals surface area (Å²) < 4.78 is 9.98. The smallest absolute Gasteiger partial charge is 0.159 e. The molecule has 4 nitrogen and oxygen atoms in total. The third-order valence-electron chi connectivity index (χ3n) is 0.530. The minimum Gasteiger partial charge on any atom is -0.822 e. The van der Waals surface area contributed by atoms with Gasteiger partial charge in [0.1, 0.15) is 0 Å². The van der Waals surface area contributed by atoms with Crippen LogP contribution in [0.1, 0.15) is 19.8 Å². The molecule has 0 rings (SSSR count). The summed E-state index contributed by atoms with van der Waals surface area (Å²) in [7, 11) is -5.39. The van der Waals surface area contributed by atoms with Gasteiger partial charge in [0, 0.05) is 0 Å². The van der Waals surface area contributed by atoms with Crippen LogP contribution in [0.2, 0.25) is 4.44 Å². The van der Waals surface area contributed by atoms with Crippen molar-refractivity contribution in [1.29, 1.82) is 0 Å². The topological polar surface area (TPSA) is 86.2 Å². The van der Waals surface area contributed by atoms with Crippen molar-refractivity contribution in [3.8, 4) is 0 Å². The molecule has 0 aliphatic carbocycles. The van der Waals surface area contributed by atoms with E-state index in [1.54, 1.807) is 22.5 Å². The minimum absolute atomic E-state index is 1.37. The molecule has 10 heavy (non-hydrogen) atoms. The average molecular weight is 271 g/mol. The van der Waals surface area contributed by atoms with E-state index >= 15 is 0 Å². The largest absolute Gasteiger partial charge is 0.822 e. The van der Waals surface area contributed by atoms with Crippen molar-refractivity contribution in [2.75, 3.05) is 0 Å². The van der Waals surface area contributed by atoms with Crippen LogP contribution in [0.4, 0.5) is 0 Å². The SMILES string of the molecule is CCC[CH2][Sn+3].O=P([O-])([O-])[O-]. The van der Waals surface area contributed by atoms with Gasteiger partial charge in [-0.25, -0.2) is 0 Å². The summed E-state index contributed by atoms with van der Waals surface area (Å²) >= 11 is 1.68. The van der Waals surface area contributed by atoms with Gasteiger partial charge in [-0.1, -0.05) is 0 Å². The monoisotopic (exact) mass is 272 g/mol. The van der Waals surface area contributed by atoms with Crippen LogP contribution in [0.3, 0.4) is 0 Å². The molecule has 0 aliphatic heterocycles. The van der Waals surface area contributed by atoms with E-state index in [2.05, 4.69) is 6.92 Å². The Hall–Kier alpha value is 0.909. The second-order valence-electron chi connectivity index (χ2n) is 1.55. The quantitative estimate of drug-likeness (QED) is 0.454. The van der Waals surface area contributed by atoms with E-state index in [9.17, 15) is 0 Å². The van der Waals surface area contributed by atoms with Crippen LogP contribution >= 0.6 is 7.82 Å². The van der Waals surface area contributed by atoms with Crippen LogP contribution in [0.15, 0.2) is 0 Å². The molecular formula is C4H9O4PSn. The van der Waals surface area contributed by atoms with Gasteiger partial charge in [-0.15, -0.1) is 0 Å². The molecule has 0 saturated carbocycles. The van der Waals surface area contributed by atoms with Crippen LogP contribution in [0.25, 0.3) is 0 Å². The Bertz CT molecular complexity index is 91.2. The Morgan fingerprint density at radius 2 is 1.70 bits per heavy atom. The van der Waals surface area contributed by atoms with Gasteiger partial charge < -0.3 is 19.2 Å². The Kier molecular flexibility index (Phi) is 10.8. The third-order valence-corrected chi connectivity index (χ3v) is 1.54. The minimum atomic E-state index is -5.39. The summed E-state index contributed by atoms with van der Waals surface area (Å²) in [6, 6.07) is 0. The molecule has 0 heterocycles. The zero-order valence-electron chi connectivity index (χ0n) is 5.70. The molecule has 0 aromatic rings. The number of unbranched alkanes of at least 4 members (excludes halogenated alkanes) is 1. The molecule has 0 unspecified atom stereocenters. The summed E-state index contributed by atoms with van der Waals surface area (Å²) in [5, 5.41) is 0. The molecule has 0 radical (unpaired) electrons. The fourth-order valence-electron chi connectivity index (χ4n) is 0.177. The van der Waals surface area contributed by atoms with E-state index < -0.39 is 7.82 Å². The normalized spacial score (nSPS) is 10.2. The molecule has 0 aliphatic rings. The molecule has 0 spiro atoms. The first kappa shape index (κ1) is 13.5. The first-order chi connectivity index (χ1) is 4.41. The van der Waals surface area contributed by atoms with Gasteiger partial charge in [0.25, 0.3) is 0 Å². The maximum Gasteiger partial charge on any atom is -0.159 e. The summed E-state index contributed by atoms with van der Waals surface area (Å²) in [6.07, 6.45) is 2.80. The first-order valence-corrected chi connectivity index (χ1v) is 6.27. The third kappa shape index (κ3) is 65.9. The maximum atomic E-state index is 8.55. The Balaban J connectivity index is 0. The van der Waals surface area contributed by atoms with Crippen molar-refractivity contribution in [2.24, 2.45) is 0 Å². The maximum absolute atomic E-state index is 8.55. The van der Waals surface area contributed by atoms with Gasteiger partial charge >= 0.3 is 46.7 Å². The predicted molar refractivity (Wildman–Crippen MR) is 33.1 cm³/mol. The zero-order valence-corrected chi connectivity index (χ0v) is 9.45. The standard InChI is InChI=1S/C4H9.H3O4P.Sn/c1-3-4-2;1-5(2,3)4;/h1,3-4H2,2H3;(H3,1,2,3,4);/q;;+3/p-3. The zero-order chi connectivity index (χ0) is 8.62. The van der Waals surface area contributed by atoms with Crippen LogP contribution < -0.4 is 14.7 Å². The van der Waals surface area contributed by atoms with E-state index in [4.69, 9.17) is 19.2 Å². The average Bonchev–Trinajstić information content (AvgIpc) is 1.63. The molecule has 0 aromatic carbocycles. The van der Waals surface area contributed by atoms with Crippen LogP contribution in [0, 0.1) is 0 Å². The van der Waals surface area contributed by atoms with Crippen molar-refractivity contribution in [1.82, 2.24) is 0 Å². The van der Waals surface area contributed by atoms with E-state index in [0.29, 0.717) is 0 Å². The summed E-state index contributed by atoms with van der Waals surface area (Å²) in [6.45, 7) is 2.23. The molecule has 0 fully saturated rings. The molecule has 0 saturated heterocycles. The predicted octanol–water partition coefficient (Wildman–Crippen LogP) is -1.45. The molecule has 0 N–H and O–H groups in total. The number of rotatable bonds is 2. The fraction of sp³-hybridized carbons (Fsp3) is 1.00. The van der Waals surface area contributed by atoms with E-state index in [1.807, 2.05) is 0 Å². The van der Waals surface area contributed by atoms with Crippen molar-refractivity contribution in [3.05, 3.63) is 0 Å². The van der Waals surface area contributed by atoms with Crippen molar-refractivity contribution < 1.29 is 19.2 Å². The number of hydrogen-bond donors (Lipinski definition) is 0. The molecule has 6 heteroatoms. The van der Waals surface area contributed by atoms with Gasteiger partial charge in [0.05, 0.1) is 0 Å². The summed E-state index contributed by atoms with van der Waals surface area (Å²) in [4.78, 5) is 25.6.